The second-order valence-corrected chi connectivity index (χ2v) is 4.01. The number of ketones is 1. The highest BCUT2D eigenvalue weighted by atomic mass is 16.5. The SMILES string of the molecule is CC(C)OC(=O)CCCC(=O)C(C)C. The Labute approximate surface area is 85.8 Å². The molecule has 0 aromatic carbocycles. The van der Waals surface area contributed by atoms with Crippen LogP contribution in [0, 0.1) is 5.92 Å². The lowest BCUT2D eigenvalue weighted by atomic mass is 10.0. The van der Waals surface area contributed by atoms with Crippen molar-refractivity contribution < 1.29 is 14.3 Å². The van der Waals surface area contributed by atoms with Crippen LogP contribution in [0.2, 0.25) is 0 Å². The number of Topliss-reactive ketones (excluding diaryl/α,β-unsaturated/α-hetero) is 1. The van der Waals surface area contributed by atoms with Gasteiger partial charge in [0.1, 0.15) is 5.78 Å². The molecular weight excluding hydrogens is 180 g/mol. The fourth-order valence-electron chi connectivity index (χ4n) is 1.02. The average Bonchev–Trinajstić information content (AvgIpc) is 2.02. The first-order valence-corrected chi connectivity index (χ1v) is 5.15. The quantitative estimate of drug-likeness (QED) is 0.618. The van der Waals surface area contributed by atoms with E-state index in [9.17, 15) is 9.59 Å². The number of esters is 1. The van der Waals surface area contributed by atoms with Crippen molar-refractivity contribution in [2.75, 3.05) is 0 Å². The lowest BCUT2D eigenvalue weighted by Crippen LogP contribution is -2.12. The first-order chi connectivity index (χ1) is 6.43. The van der Waals surface area contributed by atoms with Crippen LogP contribution in [-0.2, 0) is 14.3 Å². The van der Waals surface area contributed by atoms with E-state index in [0.717, 1.165) is 0 Å². The Morgan fingerprint density at radius 2 is 1.64 bits per heavy atom. The molecule has 0 unspecified atom stereocenters. The third-order valence-electron chi connectivity index (χ3n) is 1.82. The number of carbonyl (C=O) groups is 2. The zero-order chi connectivity index (χ0) is 11.1. The Bertz CT molecular complexity index is 195. The van der Waals surface area contributed by atoms with Crippen LogP contribution in [0.5, 0.6) is 0 Å². The molecule has 0 atom stereocenters. The summed E-state index contributed by atoms with van der Waals surface area (Å²) in [4.78, 5) is 22.3. The molecule has 0 heterocycles. The minimum Gasteiger partial charge on any atom is -0.463 e. The zero-order valence-electron chi connectivity index (χ0n) is 9.50. The molecule has 0 aromatic heterocycles. The number of hydrogen-bond donors (Lipinski definition) is 0. The van der Waals surface area contributed by atoms with E-state index in [1.165, 1.54) is 0 Å². The molecule has 0 saturated carbocycles. The van der Waals surface area contributed by atoms with Crippen LogP contribution >= 0.6 is 0 Å². The van der Waals surface area contributed by atoms with Crippen LogP contribution in [0.25, 0.3) is 0 Å². The lowest BCUT2D eigenvalue weighted by Gasteiger charge is -2.07. The largest absolute Gasteiger partial charge is 0.463 e. The van der Waals surface area contributed by atoms with Crippen LogP contribution < -0.4 is 0 Å². The topological polar surface area (TPSA) is 43.4 Å². The van der Waals surface area contributed by atoms with Crippen molar-refractivity contribution in [1.29, 1.82) is 0 Å². The average molecular weight is 200 g/mol. The smallest absolute Gasteiger partial charge is 0.306 e. The van der Waals surface area contributed by atoms with Crippen LogP contribution in [0.3, 0.4) is 0 Å². The maximum absolute atomic E-state index is 11.2. The summed E-state index contributed by atoms with van der Waals surface area (Å²) in [6.45, 7) is 7.37. The molecule has 0 fully saturated rings. The Morgan fingerprint density at radius 3 is 2.07 bits per heavy atom. The van der Waals surface area contributed by atoms with Crippen LogP contribution in [-0.4, -0.2) is 17.9 Å². The fraction of sp³-hybridized carbons (Fsp3) is 0.818. The summed E-state index contributed by atoms with van der Waals surface area (Å²) in [5, 5.41) is 0. The van der Waals surface area contributed by atoms with E-state index >= 15 is 0 Å². The van der Waals surface area contributed by atoms with Crippen molar-refractivity contribution in [2.24, 2.45) is 5.92 Å². The summed E-state index contributed by atoms with van der Waals surface area (Å²) in [7, 11) is 0. The van der Waals surface area contributed by atoms with E-state index in [1.807, 2.05) is 27.7 Å². The van der Waals surface area contributed by atoms with Crippen molar-refractivity contribution in [2.45, 2.75) is 53.1 Å². The third-order valence-corrected chi connectivity index (χ3v) is 1.82. The molecular formula is C11H20O3. The molecule has 0 aliphatic heterocycles. The van der Waals surface area contributed by atoms with Crippen molar-refractivity contribution in [1.82, 2.24) is 0 Å². The van der Waals surface area contributed by atoms with Crippen LogP contribution in [0.1, 0.15) is 47.0 Å². The molecule has 3 heteroatoms. The first kappa shape index (κ1) is 13.1. The Morgan fingerprint density at radius 1 is 1.07 bits per heavy atom. The Kier molecular flexibility index (Phi) is 6.17. The number of carbonyl (C=O) groups excluding carboxylic acids is 2. The van der Waals surface area contributed by atoms with Gasteiger partial charge in [0.2, 0.25) is 0 Å². The molecule has 0 rings (SSSR count). The third kappa shape index (κ3) is 6.63. The minimum atomic E-state index is -0.212. The number of rotatable bonds is 6. The van der Waals surface area contributed by atoms with E-state index in [4.69, 9.17) is 4.74 Å². The normalized spacial score (nSPS) is 10.7. The highest BCUT2D eigenvalue weighted by Crippen LogP contribution is 2.05. The van der Waals surface area contributed by atoms with Crippen LogP contribution in [0.4, 0.5) is 0 Å². The first-order valence-electron chi connectivity index (χ1n) is 5.15. The van der Waals surface area contributed by atoms with Gasteiger partial charge < -0.3 is 4.74 Å². The lowest BCUT2D eigenvalue weighted by molar-refractivity contribution is -0.147. The van der Waals surface area contributed by atoms with Gasteiger partial charge in [-0.15, -0.1) is 0 Å². The van der Waals surface area contributed by atoms with Gasteiger partial charge in [-0.25, -0.2) is 0 Å². The van der Waals surface area contributed by atoms with Gasteiger partial charge in [-0.2, -0.15) is 0 Å². The molecule has 0 aromatic rings. The highest BCUT2D eigenvalue weighted by Gasteiger charge is 2.09. The van der Waals surface area contributed by atoms with Gasteiger partial charge in [-0.3, -0.25) is 9.59 Å². The van der Waals surface area contributed by atoms with E-state index in [0.29, 0.717) is 19.3 Å². The zero-order valence-corrected chi connectivity index (χ0v) is 9.50. The molecule has 0 N–H and O–H groups in total. The second kappa shape index (κ2) is 6.57. The van der Waals surface area contributed by atoms with Gasteiger partial charge in [-0.05, 0) is 20.3 Å². The summed E-state index contributed by atoms with van der Waals surface area (Å²) in [6.07, 6.45) is 1.35. The van der Waals surface area contributed by atoms with Crippen molar-refractivity contribution >= 4 is 11.8 Å². The maximum atomic E-state index is 11.2. The Balaban J connectivity index is 3.54. The highest BCUT2D eigenvalue weighted by molar-refractivity contribution is 5.80. The Hall–Kier alpha value is -0.860. The predicted octanol–water partition coefficient (Wildman–Crippen LogP) is 2.33. The molecule has 0 bridgehead atoms. The van der Waals surface area contributed by atoms with Crippen molar-refractivity contribution in [3.8, 4) is 0 Å². The molecule has 0 spiro atoms. The molecule has 0 amide bonds. The molecule has 14 heavy (non-hydrogen) atoms. The summed E-state index contributed by atoms with van der Waals surface area (Å²) in [6, 6.07) is 0. The van der Waals surface area contributed by atoms with E-state index in [-0.39, 0.29) is 23.8 Å². The minimum absolute atomic E-state index is 0.0659. The van der Waals surface area contributed by atoms with Gasteiger partial charge in [0.05, 0.1) is 6.10 Å². The summed E-state index contributed by atoms with van der Waals surface area (Å²) >= 11 is 0. The number of hydrogen-bond acceptors (Lipinski definition) is 3. The monoisotopic (exact) mass is 200 g/mol. The molecule has 0 saturated heterocycles. The molecule has 0 aliphatic rings. The molecule has 0 aliphatic carbocycles. The van der Waals surface area contributed by atoms with E-state index in [2.05, 4.69) is 0 Å². The standard InChI is InChI=1S/C11H20O3/c1-8(2)10(12)6-5-7-11(13)14-9(3)4/h8-9H,5-7H2,1-4H3. The number of ether oxygens (including phenoxy) is 1. The predicted molar refractivity (Wildman–Crippen MR) is 54.9 cm³/mol. The van der Waals surface area contributed by atoms with Gasteiger partial charge in [0, 0.05) is 18.8 Å². The van der Waals surface area contributed by atoms with Crippen molar-refractivity contribution in [3.63, 3.8) is 0 Å². The van der Waals surface area contributed by atoms with Gasteiger partial charge >= 0.3 is 5.97 Å². The maximum Gasteiger partial charge on any atom is 0.306 e. The second-order valence-electron chi connectivity index (χ2n) is 4.01. The van der Waals surface area contributed by atoms with Crippen molar-refractivity contribution in [3.05, 3.63) is 0 Å². The van der Waals surface area contributed by atoms with E-state index in [1.54, 1.807) is 0 Å². The fourth-order valence-corrected chi connectivity index (χ4v) is 1.02. The summed E-state index contributed by atoms with van der Waals surface area (Å²) in [5.41, 5.74) is 0. The van der Waals surface area contributed by atoms with Gasteiger partial charge in [-0.1, -0.05) is 13.8 Å². The molecule has 0 radical (unpaired) electrons. The molecule has 82 valence electrons. The summed E-state index contributed by atoms with van der Waals surface area (Å²) in [5.74, 6) is 0.0648. The van der Waals surface area contributed by atoms with Gasteiger partial charge in [0.15, 0.2) is 0 Å². The van der Waals surface area contributed by atoms with Gasteiger partial charge in [0.25, 0.3) is 0 Å². The van der Waals surface area contributed by atoms with Crippen LogP contribution in [0.15, 0.2) is 0 Å². The van der Waals surface area contributed by atoms with E-state index < -0.39 is 0 Å². The summed E-state index contributed by atoms with van der Waals surface area (Å²) < 4.78 is 4.94. The molecule has 3 nitrogen and oxygen atoms in total.